The Morgan fingerprint density at radius 3 is 2.54 bits per heavy atom. The van der Waals surface area contributed by atoms with Gasteiger partial charge in [-0.2, -0.15) is 0 Å². The van der Waals surface area contributed by atoms with Gasteiger partial charge in [-0.3, -0.25) is 4.90 Å². The highest BCUT2D eigenvalue weighted by Crippen LogP contribution is 2.32. The summed E-state index contributed by atoms with van der Waals surface area (Å²) in [5.41, 5.74) is 2.24. The first kappa shape index (κ1) is 18.5. The van der Waals surface area contributed by atoms with Crippen molar-refractivity contribution in [3.63, 3.8) is 0 Å². The Labute approximate surface area is 155 Å². The summed E-state index contributed by atoms with van der Waals surface area (Å²) in [6.45, 7) is 3.23. The zero-order chi connectivity index (χ0) is 18.4. The van der Waals surface area contributed by atoms with E-state index in [-0.39, 0.29) is 11.9 Å². The third-order valence-corrected chi connectivity index (χ3v) is 4.71. The van der Waals surface area contributed by atoms with Crippen LogP contribution in [0.15, 0.2) is 42.5 Å². The molecule has 1 aliphatic heterocycles. The predicted molar refractivity (Wildman–Crippen MR) is 101 cm³/mol. The van der Waals surface area contributed by atoms with Crippen molar-refractivity contribution in [1.29, 1.82) is 0 Å². The first-order chi connectivity index (χ1) is 12.7. The van der Waals surface area contributed by atoms with E-state index >= 15 is 0 Å². The average Bonchev–Trinajstić information content (AvgIpc) is 3.16. The van der Waals surface area contributed by atoms with Crippen molar-refractivity contribution in [2.24, 2.45) is 0 Å². The number of rotatable bonds is 8. The number of methoxy groups -OCH3 is 2. The molecule has 2 aromatic carbocycles. The Balaban J connectivity index is 1.79. The zero-order valence-electron chi connectivity index (χ0n) is 15.5. The SMILES string of the molecule is COc1cccc(CN(Cc2ccc(O)cc2)CC2CCCO2)c1OC. The van der Waals surface area contributed by atoms with Crippen molar-refractivity contribution in [3.05, 3.63) is 53.6 Å². The number of aromatic hydroxyl groups is 1. The van der Waals surface area contributed by atoms with E-state index in [2.05, 4.69) is 11.0 Å². The number of ether oxygens (including phenoxy) is 3. The zero-order valence-corrected chi connectivity index (χ0v) is 15.5. The summed E-state index contributed by atoms with van der Waals surface area (Å²) < 4.78 is 16.9. The van der Waals surface area contributed by atoms with E-state index in [1.165, 1.54) is 0 Å². The van der Waals surface area contributed by atoms with Gasteiger partial charge in [0.05, 0.1) is 20.3 Å². The van der Waals surface area contributed by atoms with Gasteiger partial charge in [-0.1, -0.05) is 24.3 Å². The molecule has 0 spiro atoms. The van der Waals surface area contributed by atoms with Gasteiger partial charge in [0.1, 0.15) is 5.75 Å². The second kappa shape index (κ2) is 8.92. The van der Waals surface area contributed by atoms with Crippen LogP contribution in [0.3, 0.4) is 0 Å². The van der Waals surface area contributed by atoms with E-state index in [1.807, 2.05) is 24.3 Å². The van der Waals surface area contributed by atoms with Crippen LogP contribution >= 0.6 is 0 Å². The third-order valence-electron chi connectivity index (χ3n) is 4.71. The molecule has 0 radical (unpaired) electrons. The number of phenolic OH excluding ortho intramolecular Hbond substituents is 1. The van der Waals surface area contributed by atoms with Crippen LogP contribution in [-0.2, 0) is 17.8 Å². The molecule has 0 aliphatic carbocycles. The Bertz CT molecular complexity index is 696. The Morgan fingerprint density at radius 2 is 1.88 bits per heavy atom. The Morgan fingerprint density at radius 1 is 1.08 bits per heavy atom. The standard InChI is InChI=1S/C21H27NO4/c1-24-20-7-3-5-17(21(20)25-2)14-22(15-19-6-4-12-26-19)13-16-8-10-18(23)11-9-16/h3,5,7-11,19,23H,4,6,12-15H2,1-2H3. The fourth-order valence-electron chi connectivity index (χ4n) is 3.44. The number of para-hydroxylation sites is 1. The monoisotopic (exact) mass is 357 g/mol. The molecule has 0 bridgehead atoms. The average molecular weight is 357 g/mol. The van der Waals surface area contributed by atoms with E-state index < -0.39 is 0 Å². The van der Waals surface area contributed by atoms with Crippen LogP contribution < -0.4 is 9.47 Å². The molecule has 1 N–H and O–H groups in total. The lowest BCUT2D eigenvalue weighted by Gasteiger charge is -2.26. The maximum Gasteiger partial charge on any atom is 0.165 e. The van der Waals surface area contributed by atoms with Crippen LogP contribution in [0.1, 0.15) is 24.0 Å². The maximum absolute atomic E-state index is 9.52. The molecule has 5 nitrogen and oxygen atoms in total. The molecule has 1 unspecified atom stereocenters. The summed E-state index contributed by atoms with van der Waals surface area (Å²) in [6, 6.07) is 13.3. The lowest BCUT2D eigenvalue weighted by atomic mass is 10.1. The summed E-state index contributed by atoms with van der Waals surface area (Å²) in [5, 5.41) is 9.52. The minimum Gasteiger partial charge on any atom is -0.508 e. The van der Waals surface area contributed by atoms with Crippen molar-refractivity contribution in [1.82, 2.24) is 4.90 Å². The van der Waals surface area contributed by atoms with Gasteiger partial charge in [-0.05, 0) is 36.6 Å². The van der Waals surface area contributed by atoms with Crippen LogP contribution in [0.5, 0.6) is 17.2 Å². The molecule has 1 atom stereocenters. The van der Waals surface area contributed by atoms with Gasteiger partial charge in [0.15, 0.2) is 11.5 Å². The maximum atomic E-state index is 9.52. The van der Waals surface area contributed by atoms with Gasteiger partial charge < -0.3 is 19.3 Å². The van der Waals surface area contributed by atoms with E-state index in [4.69, 9.17) is 14.2 Å². The third kappa shape index (κ3) is 4.68. The molecule has 1 fully saturated rings. The quantitative estimate of drug-likeness (QED) is 0.782. The lowest BCUT2D eigenvalue weighted by molar-refractivity contribution is 0.0676. The minimum absolute atomic E-state index is 0.267. The summed E-state index contributed by atoms with van der Waals surface area (Å²) >= 11 is 0. The van der Waals surface area contributed by atoms with Crippen molar-refractivity contribution >= 4 is 0 Å². The Hall–Kier alpha value is -2.24. The molecule has 0 aromatic heterocycles. The lowest BCUT2D eigenvalue weighted by Crippen LogP contribution is -2.31. The van der Waals surface area contributed by atoms with E-state index in [0.29, 0.717) is 0 Å². The van der Waals surface area contributed by atoms with E-state index in [9.17, 15) is 5.11 Å². The predicted octanol–water partition coefficient (Wildman–Crippen LogP) is 3.59. The van der Waals surface area contributed by atoms with Gasteiger partial charge in [0, 0.05) is 31.8 Å². The van der Waals surface area contributed by atoms with Crippen molar-refractivity contribution in [2.75, 3.05) is 27.4 Å². The molecule has 1 saturated heterocycles. The number of hydrogen-bond acceptors (Lipinski definition) is 5. The van der Waals surface area contributed by atoms with Crippen molar-refractivity contribution in [2.45, 2.75) is 32.0 Å². The van der Waals surface area contributed by atoms with Crippen molar-refractivity contribution < 1.29 is 19.3 Å². The van der Waals surface area contributed by atoms with Gasteiger partial charge in [0.2, 0.25) is 0 Å². The second-order valence-electron chi connectivity index (χ2n) is 6.62. The van der Waals surface area contributed by atoms with E-state index in [0.717, 1.165) is 61.7 Å². The van der Waals surface area contributed by atoms with Gasteiger partial charge in [0.25, 0.3) is 0 Å². The Kier molecular flexibility index (Phi) is 6.36. The van der Waals surface area contributed by atoms with Crippen molar-refractivity contribution in [3.8, 4) is 17.2 Å². The molecule has 0 amide bonds. The second-order valence-corrected chi connectivity index (χ2v) is 6.62. The van der Waals surface area contributed by atoms with Gasteiger partial charge in [-0.25, -0.2) is 0 Å². The fourth-order valence-corrected chi connectivity index (χ4v) is 3.44. The molecule has 2 aromatic rings. The molecular weight excluding hydrogens is 330 g/mol. The summed E-state index contributed by atoms with van der Waals surface area (Å²) in [6.07, 6.45) is 2.49. The van der Waals surface area contributed by atoms with Crippen LogP contribution in [0.2, 0.25) is 0 Å². The topological polar surface area (TPSA) is 51.2 Å². The van der Waals surface area contributed by atoms with Crippen LogP contribution in [0, 0.1) is 0 Å². The van der Waals surface area contributed by atoms with Gasteiger partial charge in [-0.15, -0.1) is 0 Å². The molecule has 140 valence electrons. The van der Waals surface area contributed by atoms with Crippen LogP contribution in [-0.4, -0.2) is 43.5 Å². The summed E-state index contributed by atoms with van der Waals surface area (Å²) in [5.74, 6) is 1.80. The summed E-state index contributed by atoms with van der Waals surface area (Å²) in [4.78, 5) is 2.36. The fraction of sp³-hybridized carbons (Fsp3) is 0.429. The van der Waals surface area contributed by atoms with Gasteiger partial charge >= 0.3 is 0 Å². The smallest absolute Gasteiger partial charge is 0.165 e. The number of phenols is 1. The molecule has 1 aliphatic rings. The first-order valence-corrected chi connectivity index (χ1v) is 9.01. The van der Waals surface area contributed by atoms with E-state index in [1.54, 1.807) is 26.4 Å². The molecular formula is C21H27NO4. The first-order valence-electron chi connectivity index (χ1n) is 9.01. The molecule has 5 heteroatoms. The normalized spacial score (nSPS) is 16.8. The highest BCUT2D eigenvalue weighted by molar-refractivity contribution is 5.46. The highest BCUT2D eigenvalue weighted by atomic mass is 16.5. The van der Waals surface area contributed by atoms with Crippen LogP contribution in [0.4, 0.5) is 0 Å². The largest absolute Gasteiger partial charge is 0.508 e. The minimum atomic E-state index is 0.267. The summed E-state index contributed by atoms with van der Waals surface area (Å²) in [7, 11) is 3.33. The molecule has 26 heavy (non-hydrogen) atoms. The number of benzene rings is 2. The molecule has 3 rings (SSSR count). The number of hydrogen-bond donors (Lipinski definition) is 1. The molecule has 1 heterocycles. The van der Waals surface area contributed by atoms with Crippen LogP contribution in [0.25, 0.3) is 0 Å². The number of nitrogens with zero attached hydrogens (tertiary/aromatic N) is 1. The molecule has 0 saturated carbocycles. The highest BCUT2D eigenvalue weighted by Gasteiger charge is 2.21.